The molecule has 0 aliphatic heterocycles. The van der Waals surface area contributed by atoms with Crippen LogP contribution in [0.5, 0.6) is 5.75 Å². The predicted molar refractivity (Wildman–Crippen MR) is 106 cm³/mol. The van der Waals surface area contributed by atoms with E-state index < -0.39 is 0 Å². The number of nitrogens with one attached hydrogen (secondary N) is 1. The van der Waals surface area contributed by atoms with Crippen LogP contribution in [0.1, 0.15) is 25.3 Å². The third-order valence-corrected chi connectivity index (χ3v) is 4.31. The van der Waals surface area contributed by atoms with Gasteiger partial charge >= 0.3 is 0 Å². The molecule has 0 spiro atoms. The van der Waals surface area contributed by atoms with Crippen molar-refractivity contribution in [3.8, 4) is 5.75 Å². The number of halogens is 3. The van der Waals surface area contributed by atoms with Crippen LogP contribution in [-0.4, -0.2) is 18.2 Å². The summed E-state index contributed by atoms with van der Waals surface area (Å²) in [5, 5.41) is 5.12. The van der Waals surface area contributed by atoms with Crippen LogP contribution < -0.4 is 10.2 Å². The number of carbonyl (C=O) groups is 1. The first-order chi connectivity index (χ1) is 12.0. The second-order valence-electron chi connectivity index (χ2n) is 5.27. The molecule has 2 aromatic carbocycles. The molecule has 2 aromatic rings. The number of benzene rings is 2. The van der Waals surface area contributed by atoms with Crippen molar-refractivity contribution < 1.29 is 9.53 Å². The molecule has 0 unspecified atom stereocenters. The molecule has 4 nitrogen and oxygen atoms in total. The van der Waals surface area contributed by atoms with Gasteiger partial charge in [-0.05, 0) is 49.2 Å². The van der Waals surface area contributed by atoms with Crippen molar-refractivity contribution in [2.45, 2.75) is 19.8 Å². The van der Waals surface area contributed by atoms with E-state index in [0.29, 0.717) is 35.2 Å². The third kappa shape index (κ3) is 6.69. The third-order valence-electron chi connectivity index (χ3n) is 3.29. The Hall–Kier alpha value is -1.56. The molecule has 0 bridgehead atoms. The van der Waals surface area contributed by atoms with Gasteiger partial charge in [-0.25, -0.2) is 5.43 Å². The Labute approximate surface area is 165 Å². The molecule has 132 valence electrons. The topological polar surface area (TPSA) is 50.7 Å². The number of ether oxygens (including phenoxy) is 1. The molecule has 1 N–H and O–H groups in total. The van der Waals surface area contributed by atoms with Crippen LogP contribution in [0.25, 0.3) is 0 Å². The van der Waals surface area contributed by atoms with Gasteiger partial charge in [-0.2, -0.15) is 5.10 Å². The van der Waals surface area contributed by atoms with Crippen molar-refractivity contribution in [3.63, 3.8) is 0 Å². The summed E-state index contributed by atoms with van der Waals surface area (Å²) in [6, 6.07) is 12.7. The number of amides is 1. The Kier molecular flexibility index (Phi) is 7.75. The smallest absolute Gasteiger partial charge is 0.240 e. The molecule has 0 saturated carbocycles. The zero-order chi connectivity index (χ0) is 18.2. The summed E-state index contributed by atoms with van der Waals surface area (Å²) in [6.07, 6.45) is 0.858. The van der Waals surface area contributed by atoms with Gasteiger partial charge in [0, 0.05) is 15.9 Å². The van der Waals surface area contributed by atoms with Gasteiger partial charge in [0.1, 0.15) is 5.75 Å². The van der Waals surface area contributed by atoms with Crippen molar-refractivity contribution in [1.82, 2.24) is 5.43 Å². The van der Waals surface area contributed by atoms with Gasteiger partial charge in [-0.15, -0.1) is 0 Å². The standard InChI is InChI=1S/C18H17BrCl2N2O2/c1-12(13-4-2-5-14(19)10-13)22-23-18(24)6-3-9-25-17-8-7-15(20)11-16(17)21/h2,4-5,7-8,10-11H,3,6,9H2,1H3,(H,23,24)/b22-12+. The first kappa shape index (κ1) is 19.8. The molecule has 0 aliphatic carbocycles. The predicted octanol–water partition coefficient (Wildman–Crippen LogP) is 5.46. The van der Waals surface area contributed by atoms with Crippen LogP contribution in [0, 0.1) is 0 Å². The SMILES string of the molecule is C/C(=N\NC(=O)CCCOc1ccc(Cl)cc1Cl)c1cccc(Br)c1. The number of hydrazone groups is 1. The number of nitrogens with zero attached hydrogens (tertiary/aromatic N) is 1. The maximum absolute atomic E-state index is 11.8. The first-order valence-electron chi connectivity index (χ1n) is 7.62. The Morgan fingerprint density at radius 1 is 1.24 bits per heavy atom. The van der Waals surface area contributed by atoms with Crippen LogP contribution in [0.15, 0.2) is 52.0 Å². The van der Waals surface area contributed by atoms with Crippen LogP contribution in [0.2, 0.25) is 10.0 Å². The van der Waals surface area contributed by atoms with Gasteiger partial charge in [-0.1, -0.05) is 51.3 Å². The lowest BCUT2D eigenvalue weighted by Crippen LogP contribution is -2.19. The van der Waals surface area contributed by atoms with E-state index in [-0.39, 0.29) is 5.91 Å². The molecule has 0 fully saturated rings. The summed E-state index contributed by atoms with van der Waals surface area (Å²) in [4.78, 5) is 11.8. The molecule has 2 rings (SSSR count). The van der Waals surface area contributed by atoms with Crippen molar-refractivity contribution in [3.05, 3.63) is 62.5 Å². The van der Waals surface area contributed by atoms with Gasteiger partial charge in [0.2, 0.25) is 5.91 Å². The molecule has 7 heteroatoms. The molecule has 0 aliphatic rings. The summed E-state index contributed by atoms with van der Waals surface area (Å²) in [5.41, 5.74) is 4.23. The fourth-order valence-corrected chi connectivity index (χ4v) is 2.85. The zero-order valence-electron chi connectivity index (χ0n) is 13.6. The number of carbonyl (C=O) groups excluding carboxylic acids is 1. The maximum atomic E-state index is 11.8. The second kappa shape index (κ2) is 9.80. The largest absolute Gasteiger partial charge is 0.492 e. The lowest BCUT2D eigenvalue weighted by molar-refractivity contribution is -0.121. The lowest BCUT2D eigenvalue weighted by Gasteiger charge is -2.08. The summed E-state index contributed by atoms with van der Waals surface area (Å²) in [6.45, 7) is 2.22. The minimum absolute atomic E-state index is 0.167. The van der Waals surface area contributed by atoms with Gasteiger partial charge in [0.15, 0.2) is 0 Å². The minimum Gasteiger partial charge on any atom is -0.492 e. The van der Waals surface area contributed by atoms with Gasteiger partial charge < -0.3 is 4.74 Å². The van der Waals surface area contributed by atoms with E-state index in [1.54, 1.807) is 18.2 Å². The quantitative estimate of drug-likeness (QED) is 0.351. The highest BCUT2D eigenvalue weighted by molar-refractivity contribution is 9.10. The van der Waals surface area contributed by atoms with E-state index in [1.165, 1.54) is 0 Å². The number of rotatable bonds is 7. The highest BCUT2D eigenvalue weighted by Gasteiger charge is 2.05. The van der Waals surface area contributed by atoms with Gasteiger partial charge in [0.05, 0.1) is 17.3 Å². The second-order valence-corrected chi connectivity index (χ2v) is 7.03. The van der Waals surface area contributed by atoms with Crippen LogP contribution in [-0.2, 0) is 4.79 Å². The number of hydrogen-bond acceptors (Lipinski definition) is 3. The van der Waals surface area contributed by atoms with Crippen LogP contribution >= 0.6 is 39.1 Å². The molecular formula is C18H17BrCl2N2O2. The highest BCUT2D eigenvalue weighted by atomic mass is 79.9. The fourth-order valence-electron chi connectivity index (χ4n) is 1.99. The van der Waals surface area contributed by atoms with E-state index in [0.717, 1.165) is 15.7 Å². The van der Waals surface area contributed by atoms with E-state index in [4.69, 9.17) is 27.9 Å². The Morgan fingerprint density at radius 2 is 2.04 bits per heavy atom. The maximum Gasteiger partial charge on any atom is 0.240 e. The Morgan fingerprint density at radius 3 is 2.76 bits per heavy atom. The van der Waals surface area contributed by atoms with Gasteiger partial charge in [0.25, 0.3) is 0 Å². The molecule has 0 saturated heterocycles. The summed E-state index contributed by atoms with van der Waals surface area (Å²) in [7, 11) is 0. The monoisotopic (exact) mass is 442 g/mol. The Balaban J connectivity index is 1.74. The highest BCUT2D eigenvalue weighted by Crippen LogP contribution is 2.27. The summed E-state index contributed by atoms with van der Waals surface area (Å²) >= 11 is 15.2. The van der Waals surface area contributed by atoms with Crippen molar-refractivity contribution in [1.29, 1.82) is 0 Å². The zero-order valence-corrected chi connectivity index (χ0v) is 16.7. The fraction of sp³-hybridized carbons (Fsp3) is 0.222. The molecule has 0 atom stereocenters. The van der Waals surface area contributed by atoms with E-state index in [1.807, 2.05) is 31.2 Å². The average Bonchev–Trinajstić information content (AvgIpc) is 2.58. The summed E-state index contributed by atoms with van der Waals surface area (Å²) < 4.78 is 6.50. The number of hydrogen-bond donors (Lipinski definition) is 1. The molecule has 1 amide bonds. The van der Waals surface area contributed by atoms with E-state index >= 15 is 0 Å². The van der Waals surface area contributed by atoms with Crippen molar-refractivity contribution >= 4 is 50.8 Å². The molecule has 0 aromatic heterocycles. The minimum atomic E-state index is -0.167. The molecule has 25 heavy (non-hydrogen) atoms. The van der Waals surface area contributed by atoms with Crippen molar-refractivity contribution in [2.24, 2.45) is 5.10 Å². The van der Waals surface area contributed by atoms with Gasteiger partial charge in [-0.3, -0.25) is 4.79 Å². The van der Waals surface area contributed by atoms with Crippen molar-refractivity contribution in [2.75, 3.05) is 6.61 Å². The molecular weight excluding hydrogens is 427 g/mol. The normalized spacial score (nSPS) is 11.3. The summed E-state index contributed by atoms with van der Waals surface area (Å²) in [5.74, 6) is 0.384. The first-order valence-corrected chi connectivity index (χ1v) is 9.17. The van der Waals surface area contributed by atoms with Crippen LogP contribution in [0.4, 0.5) is 0 Å². The molecule has 0 heterocycles. The average molecular weight is 444 g/mol. The van der Waals surface area contributed by atoms with Crippen LogP contribution in [0.3, 0.4) is 0 Å². The van der Waals surface area contributed by atoms with E-state index in [9.17, 15) is 4.79 Å². The molecule has 0 radical (unpaired) electrons. The van der Waals surface area contributed by atoms with E-state index in [2.05, 4.69) is 26.5 Å². The lowest BCUT2D eigenvalue weighted by atomic mass is 10.1. The Bertz CT molecular complexity index is 781.